The van der Waals surface area contributed by atoms with Gasteiger partial charge in [-0.3, -0.25) is 9.80 Å². The van der Waals surface area contributed by atoms with Crippen LogP contribution >= 0.6 is 0 Å². The van der Waals surface area contributed by atoms with E-state index < -0.39 is 0 Å². The van der Waals surface area contributed by atoms with Crippen LogP contribution in [0.3, 0.4) is 0 Å². The summed E-state index contributed by atoms with van der Waals surface area (Å²) in [5.74, 6) is 2.13. The third-order valence-electron chi connectivity index (χ3n) is 3.63. The van der Waals surface area contributed by atoms with E-state index in [-0.39, 0.29) is 0 Å². The monoisotopic (exact) mass is 432 g/mol. The van der Waals surface area contributed by atoms with Crippen LogP contribution in [0, 0.1) is 23.7 Å². The summed E-state index contributed by atoms with van der Waals surface area (Å²) in [6.07, 6.45) is 0. The molecule has 182 valence electrons. The average molecular weight is 433 g/mol. The highest BCUT2D eigenvalue weighted by Gasteiger charge is 2.12. The van der Waals surface area contributed by atoms with E-state index in [0.717, 1.165) is 39.5 Å². The molecule has 0 aromatic carbocycles. The zero-order chi connectivity index (χ0) is 23.4. The third kappa shape index (κ3) is 23.8. The Kier molecular flexibility index (Phi) is 22.9. The SMILES string of the molecule is C=C.CC(C)COCN(CCN(COCC(C)C)COCC(C)C)COCC(C)C. The average Bonchev–Trinajstić information content (AvgIpc) is 2.65. The molecule has 0 aromatic heterocycles. The van der Waals surface area contributed by atoms with Crippen LogP contribution in [0.1, 0.15) is 55.4 Å². The lowest BCUT2D eigenvalue weighted by Crippen LogP contribution is -2.40. The van der Waals surface area contributed by atoms with E-state index in [2.05, 4.69) is 78.3 Å². The van der Waals surface area contributed by atoms with Gasteiger partial charge in [-0.25, -0.2) is 0 Å². The molecule has 0 fully saturated rings. The van der Waals surface area contributed by atoms with Gasteiger partial charge < -0.3 is 18.9 Å². The van der Waals surface area contributed by atoms with Crippen molar-refractivity contribution in [2.45, 2.75) is 55.4 Å². The van der Waals surface area contributed by atoms with Gasteiger partial charge in [-0.15, -0.1) is 13.2 Å². The summed E-state index contributed by atoms with van der Waals surface area (Å²) < 4.78 is 23.3. The smallest absolute Gasteiger partial charge is 0.101 e. The van der Waals surface area contributed by atoms with E-state index in [9.17, 15) is 0 Å². The summed E-state index contributed by atoms with van der Waals surface area (Å²) in [5.41, 5.74) is 0. The lowest BCUT2D eigenvalue weighted by molar-refractivity contribution is -0.0807. The predicted octanol–water partition coefficient (Wildman–Crippen LogP) is 4.91. The molecule has 0 saturated heterocycles. The van der Waals surface area contributed by atoms with E-state index in [1.54, 1.807) is 0 Å². The van der Waals surface area contributed by atoms with Gasteiger partial charge in [-0.2, -0.15) is 0 Å². The van der Waals surface area contributed by atoms with Crippen LogP contribution in [0.2, 0.25) is 0 Å². The number of hydrogen-bond acceptors (Lipinski definition) is 6. The Bertz CT molecular complexity index is 292. The topological polar surface area (TPSA) is 43.4 Å². The van der Waals surface area contributed by atoms with Crippen LogP contribution in [0.5, 0.6) is 0 Å². The maximum absolute atomic E-state index is 5.84. The maximum Gasteiger partial charge on any atom is 0.101 e. The second-order valence-corrected chi connectivity index (χ2v) is 9.36. The minimum atomic E-state index is 0.531. The van der Waals surface area contributed by atoms with Crippen LogP contribution in [0.25, 0.3) is 0 Å². The van der Waals surface area contributed by atoms with Gasteiger partial charge in [0.1, 0.15) is 26.9 Å². The van der Waals surface area contributed by atoms with E-state index in [0.29, 0.717) is 50.6 Å². The minimum Gasteiger partial charge on any atom is -0.366 e. The number of hydrogen-bond donors (Lipinski definition) is 0. The molecule has 30 heavy (non-hydrogen) atoms. The van der Waals surface area contributed by atoms with Crippen molar-refractivity contribution in [1.29, 1.82) is 0 Å². The fourth-order valence-corrected chi connectivity index (χ4v) is 2.29. The van der Waals surface area contributed by atoms with Crippen molar-refractivity contribution in [3.05, 3.63) is 13.2 Å². The van der Waals surface area contributed by atoms with Crippen molar-refractivity contribution in [1.82, 2.24) is 9.80 Å². The standard InChI is InChI=1S/C22H48N2O4.C2H4/c1-19(2)11-25-15-23(16-26-12-20(3)4)9-10-24(17-27-13-21(5)6)18-28-14-22(7)8;1-2/h19-22H,9-18H2,1-8H3;1-2H2. The molecule has 0 saturated carbocycles. The largest absolute Gasteiger partial charge is 0.366 e. The summed E-state index contributed by atoms with van der Waals surface area (Å²) in [6.45, 7) is 30.4. The zero-order valence-electron chi connectivity index (χ0n) is 21.3. The Morgan fingerprint density at radius 2 is 0.667 bits per heavy atom. The van der Waals surface area contributed by atoms with E-state index in [1.807, 2.05) is 0 Å². The first-order valence-electron chi connectivity index (χ1n) is 11.5. The first kappa shape index (κ1) is 31.7. The van der Waals surface area contributed by atoms with Crippen LogP contribution in [0.15, 0.2) is 13.2 Å². The van der Waals surface area contributed by atoms with Crippen LogP contribution in [0.4, 0.5) is 0 Å². The number of rotatable bonds is 19. The highest BCUT2D eigenvalue weighted by atomic mass is 16.5. The molecule has 0 aromatic rings. The Labute approximate surface area is 187 Å². The molecule has 0 unspecified atom stereocenters. The van der Waals surface area contributed by atoms with Gasteiger partial charge in [-0.1, -0.05) is 55.4 Å². The summed E-state index contributed by atoms with van der Waals surface area (Å²) in [4.78, 5) is 4.42. The summed E-state index contributed by atoms with van der Waals surface area (Å²) in [6, 6.07) is 0. The van der Waals surface area contributed by atoms with Crippen molar-refractivity contribution in [2.24, 2.45) is 23.7 Å². The normalized spacial score (nSPS) is 11.9. The highest BCUT2D eigenvalue weighted by molar-refractivity contribution is 4.56. The molecule has 0 amide bonds. The molecular weight excluding hydrogens is 380 g/mol. The molecule has 0 aliphatic rings. The van der Waals surface area contributed by atoms with E-state index >= 15 is 0 Å². The maximum atomic E-state index is 5.84. The zero-order valence-corrected chi connectivity index (χ0v) is 21.3. The third-order valence-corrected chi connectivity index (χ3v) is 3.63. The van der Waals surface area contributed by atoms with E-state index in [4.69, 9.17) is 18.9 Å². The lowest BCUT2D eigenvalue weighted by Gasteiger charge is -2.28. The molecule has 0 heterocycles. The van der Waals surface area contributed by atoms with Crippen molar-refractivity contribution >= 4 is 0 Å². The van der Waals surface area contributed by atoms with Crippen LogP contribution < -0.4 is 0 Å². The Hall–Kier alpha value is -0.500. The molecule has 0 N–H and O–H groups in total. The Balaban J connectivity index is 0. The molecule has 0 spiro atoms. The molecule has 0 aliphatic heterocycles. The summed E-state index contributed by atoms with van der Waals surface area (Å²) in [5, 5.41) is 0. The Morgan fingerprint density at radius 3 is 0.833 bits per heavy atom. The number of ether oxygens (including phenoxy) is 4. The van der Waals surface area contributed by atoms with Crippen molar-refractivity contribution in [3.8, 4) is 0 Å². The minimum absolute atomic E-state index is 0.531. The first-order chi connectivity index (χ1) is 14.2. The Morgan fingerprint density at radius 1 is 0.467 bits per heavy atom. The molecule has 0 radical (unpaired) electrons. The fraction of sp³-hybridized carbons (Fsp3) is 0.917. The van der Waals surface area contributed by atoms with Gasteiger partial charge in [0.15, 0.2) is 0 Å². The molecule has 0 rings (SSSR count). The summed E-state index contributed by atoms with van der Waals surface area (Å²) >= 11 is 0. The van der Waals surface area contributed by atoms with Crippen molar-refractivity contribution < 1.29 is 18.9 Å². The van der Waals surface area contributed by atoms with Gasteiger partial charge in [0.05, 0.1) is 26.4 Å². The lowest BCUT2D eigenvalue weighted by atomic mass is 10.2. The molecule has 0 atom stereocenters. The molecule has 6 nitrogen and oxygen atoms in total. The second-order valence-electron chi connectivity index (χ2n) is 9.36. The van der Waals surface area contributed by atoms with Crippen molar-refractivity contribution in [3.63, 3.8) is 0 Å². The highest BCUT2D eigenvalue weighted by Crippen LogP contribution is 2.02. The first-order valence-corrected chi connectivity index (χ1v) is 11.5. The van der Waals surface area contributed by atoms with Gasteiger partial charge in [-0.05, 0) is 23.7 Å². The molecule has 0 bridgehead atoms. The molecular formula is C24H52N2O4. The van der Waals surface area contributed by atoms with Crippen molar-refractivity contribution in [2.75, 3.05) is 66.4 Å². The van der Waals surface area contributed by atoms with Gasteiger partial charge in [0.25, 0.3) is 0 Å². The van der Waals surface area contributed by atoms with Gasteiger partial charge in [0, 0.05) is 13.1 Å². The molecule has 0 aliphatic carbocycles. The van der Waals surface area contributed by atoms with Crippen LogP contribution in [-0.4, -0.2) is 76.2 Å². The summed E-state index contributed by atoms with van der Waals surface area (Å²) in [7, 11) is 0. The van der Waals surface area contributed by atoms with Crippen LogP contribution in [-0.2, 0) is 18.9 Å². The predicted molar refractivity (Wildman–Crippen MR) is 127 cm³/mol. The second kappa shape index (κ2) is 21.7. The van der Waals surface area contributed by atoms with E-state index in [1.165, 1.54) is 0 Å². The fourth-order valence-electron chi connectivity index (χ4n) is 2.29. The quantitative estimate of drug-likeness (QED) is 0.213. The molecule has 6 heteroatoms. The van der Waals surface area contributed by atoms with Gasteiger partial charge >= 0.3 is 0 Å². The van der Waals surface area contributed by atoms with Gasteiger partial charge in [0.2, 0.25) is 0 Å². The number of nitrogens with zero attached hydrogens (tertiary/aromatic N) is 2.